The first-order valence-electron chi connectivity index (χ1n) is 6.86. The van der Waals surface area contributed by atoms with E-state index in [9.17, 15) is 14.7 Å². The van der Waals surface area contributed by atoms with Gasteiger partial charge in [-0.15, -0.1) is 0 Å². The number of halogens is 1. The van der Waals surface area contributed by atoms with Crippen LogP contribution >= 0.6 is 11.6 Å². The van der Waals surface area contributed by atoms with E-state index in [0.29, 0.717) is 16.9 Å². The molecule has 3 aromatic rings. The number of fused-ring (bicyclic) bond motifs is 1. The molecule has 24 heavy (non-hydrogen) atoms. The lowest BCUT2D eigenvalue weighted by Crippen LogP contribution is -2.10. The summed E-state index contributed by atoms with van der Waals surface area (Å²) >= 11 is 6.22. The Balaban J connectivity index is 2.23. The molecule has 7 nitrogen and oxygen atoms in total. The Hall–Kier alpha value is -3.24. The standard InChI is InChI=1S/C16H11ClN4O3/c1-8(22)19-9-2-4-10(5-3-9)21-13(17)6-12-14(21)15(23)11(7-18)16(24)20-12/h2-6H,1H3,(H,19,22)(H2,20,23,24). The number of aromatic hydroxyl groups is 1. The van der Waals surface area contributed by atoms with Crippen molar-refractivity contribution in [2.75, 3.05) is 5.32 Å². The van der Waals surface area contributed by atoms with Crippen LogP contribution in [-0.4, -0.2) is 20.6 Å². The predicted octanol–water partition coefficient (Wildman–Crippen LogP) is 2.51. The predicted molar refractivity (Wildman–Crippen MR) is 89.6 cm³/mol. The van der Waals surface area contributed by atoms with Crippen molar-refractivity contribution < 1.29 is 9.90 Å². The van der Waals surface area contributed by atoms with Crippen LogP contribution in [0, 0.1) is 11.3 Å². The van der Waals surface area contributed by atoms with Crippen LogP contribution in [0.15, 0.2) is 35.1 Å². The van der Waals surface area contributed by atoms with E-state index >= 15 is 0 Å². The first-order valence-corrected chi connectivity index (χ1v) is 7.24. The molecule has 3 rings (SSSR count). The van der Waals surface area contributed by atoms with Crippen molar-refractivity contribution >= 4 is 34.2 Å². The number of nitrogens with zero attached hydrogens (tertiary/aromatic N) is 2. The number of anilines is 1. The maximum Gasteiger partial charge on any atom is 0.270 e. The number of benzene rings is 1. The number of hydrogen-bond acceptors (Lipinski definition) is 4. The van der Waals surface area contributed by atoms with E-state index < -0.39 is 11.3 Å². The van der Waals surface area contributed by atoms with E-state index in [-0.39, 0.29) is 22.1 Å². The van der Waals surface area contributed by atoms with Gasteiger partial charge in [0.15, 0.2) is 11.3 Å². The molecule has 1 amide bonds. The van der Waals surface area contributed by atoms with Gasteiger partial charge in [0.25, 0.3) is 5.56 Å². The van der Waals surface area contributed by atoms with E-state index in [1.54, 1.807) is 30.3 Å². The first kappa shape index (κ1) is 15.6. The zero-order valence-corrected chi connectivity index (χ0v) is 13.2. The zero-order valence-electron chi connectivity index (χ0n) is 12.4. The van der Waals surface area contributed by atoms with Crippen molar-refractivity contribution in [1.29, 1.82) is 5.26 Å². The third-order valence-electron chi connectivity index (χ3n) is 3.45. The number of aromatic amines is 1. The minimum Gasteiger partial charge on any atom is -0.504 e. The highest BCUT2D eigenvalue weighted by Crippen LogP contribution is 2.33. The van der Waals surface area contributed by atoms with Crippen molar-refractivity contribution in [2.24, 2.45) is 0 Å². The molecule has 8 heteroatoms. The van der Waals surface area contributed by atoms with E-state index in [2.05, 4.69) is 10.3 Å². The fourth-order valence-electron chi connectivity index (χ4n) is 2.47. The second kappa shape index (κ2) is 5.76. The molecule has 3 N–H and O–H groups in total. The van der Waals surface area contributed by atoms with Crippen LogP contribution in [0.25, 0.3) is 16.7 Å². The summed E-state index contributed by atoms with van der Waals surface area (Å²) < 4.78 is 1.50. The fraction of sp³-hybridized carbons (Fsp3) is 0.0625. The molecule has 0 fully saturated rings. The second-order valence-electron chi connectivity index (χ2n) is 5.08. The van der Waals surface area contributed by atoms with Gasteiger partial charge in [-0.05, 0) is 30.3 Å². The number of hydrogen-bond donors (Lipinski definition) is 3. The van der Waals surface area contributed by atoms with Gasteiger partial charge in [-0.25, -0.2) is 0 Å². The quantitative estimate of drug-likeness (QED) is 0.664. The highest BCUT2D eigenvalue weighted by atomic mass is 35.5. The van der Waals surface area contributed by atoms with Gasteiger partial charge in [-0.3, -0.25) is 14.2 Å². The molecule has 1 aromatic carbocycles. The van der Waals surface area contributed by atoms with Crippen LogP contribution in [0.5, 0.6) is 5.75 Å². The number of carbonyl (C=O) groups is 1. The van der Waals surface area contributed by atoms with E-state index in [4.69, 9.17) is 16.9 Å². The molecular formula is C16H11ClN4O3. The highest BCUT2D eigenvalue weighted by Gasteiger charge is 2.18. The van der Waals surface area contributed by atoms with Crippen molar-refractivity contribution in [2.45, 2.75) is 6.92 Å². The molecule has 2 heterocycles. The molecule has 0 aliphatic heterocycles. The monoisotopic (exact) mass is 342 g/mol. The second-order valence-corrected chi connectivity index (χ2v) is 5.47. The number of carbonyl (C=O) groups excluding carboxylic acids is 1. The number of nitriles is 1. The van der Waals surface area contributed by atoms with Gasteiger partial charge in [-0.1, -0.05) is 11.6 Å². The molecule has 0 spiro atoms. The van der Waals surface area contributed by atoms with E-state index in [1.807, 2.05) is 0 Å². The molecule has 0 saturated heterocycles. The summed E-state index contributed by atoms with van der Waals surface area (Å²) in [4.78, 5) is 25.3. The molecular weight excluding hydrogens is 332 g/mol. The Morgan fingerprint density at radius 2 is 2.04 bits per heavy atom. The molecule has 120 valence electrons. The van der Waals surface area contributed by atoms with Crippen molar-refractivity contribution in [3.05, 3.63) is 51.4 Å². The van der Waals surface area contributed by atoms with E-state index in [1.165, 1.54) is 17.6 Å². The lowest BCUT2D eigenvalue weighted by Gasteiger charge is -2.10. The molecule has 0 bridgehead atoms. The molecule has 0 aliphatic carbocycles. The largest absolute Gasteiger partial charge is 0.504 e. The summed E-state index contributed by atoms with van der Waals surface area (Å²) in [6.07, 6.45) is 0. The van der Waals surface area contributed by atoms with Gasteiger partial charge in [-0.2, -0.15) is 5.26 Å². The lowest BCUT2D eigenvalue weighted by atomic mass is 10.2. The smallest absolute Gasteiger partial charge is 0.270 e. The number of nitrogens with one attached hydrogen (secondary N) is 2. The maximum absolute atomic E-state index is 11.8. The van der Waals surface area contributed by atoms with Gasteiger partial charge in [0.2, 0.25) is 5.91 Å². The Morgan fingerprint density at radius 3 is 2.62 bits per heavy atom. The average molecular weight is 343 g/mol. The fourth-order valence-corrected chi connectivity index (χ4v) is 2.76. The van der Waals surface area contributed by atoms with Crippen LogP contribution in [0.2, 0.25) is 5.15 Å². The number of amides is 1. The summed E-state index contributed by atoms with van der Waals surface area (Å²) in [5.41, 5.74) is 0.672. The zero-order chi connectivity index (χ0) is 17.4. The maximum atomic E-state index is 11.8. The molecule has 0 atom stereocenters. The van der Waals surface area contributed by atoms with E-state index in [0.717, 1.165) is 0 Å². The van der Waals surface area contributed by atoms with Crippen molar-refractivity contribution in [3.8, 4) is 17.5 Å². The average Bonchev–Trinajstić information content (AvgIpc) is 2.84. The highest BCUT2D eigenvalue weighted by molar-refractivity contribution is 6.31. The molecule has 0 radical (unpaired) electrons. The Labute approximate surface area is 140 Å². The topological polar surface area (TPSA) is 111 Å². The molecule has 0 unspecified atom stereocenters. The molecule has 0 aliphatic rings. The van der Waals surface area contributed by atoms with Crippen molar-refractivity contribution in [3.63, 3.8) is 0 Å². The van der Waals surface area contributed by atoms with Crippen LogP contribution in [-0.2, 0) is 4.79 Å². The third kappa shape index (κ3) is 2.49. The Kier molecular flexibility index (Phi) is 3.75. The van der Waals surface area contributed by atoms with Gasteiger partial charge < -0.3 is 15.4 Å². The number of aromatic nitrogens is 2. The molecule has 0 saturated carbocycles. The van der Waals surface area contributed by atoms with Gasteiger partial charge >= 0.3 is 0 Å². The summed E-state index contributed by atoms with van der Waals surface area (Å²) in [6.45, 7) is 1.40. The normalized spacial score (nSPS) is 10.5. The summed E-state index contributed by atoms with van der Waals surface area (Å²) in [5.74, 6) is -0.629. The summed E-state index contributed by atoms with van der Waals surface area (Å²) in [5, 5.41) is 22.2. The summed E-state index contributed by atoms with van der Waals surface area (Å²) in [6, 6.07) is 9.89. The minimum atomic E-state index is -0.683. The SMILES string of the molecule is CC(=O)Nc1ccc(-n2c(Cl)cc3[nH]c(=O)c(C#N)c(O)c32)cc1. The first-order chi connectivity index (χ1) is 11.4. The van der Waals surface area contributed by atoms with Crippen LogP contribution in [0.1, 0.15) is 12.5 Å². The Bertz CT molecular complexity index is 1060. The molecule has 2 aromatic heterocycles. The number of rotatable bonds is 2. The number of H-pyrrole nitrogens is 1. The van der Waals surface area contributed by atoms with Gasteiger partial charge in [0, 0.05) is 18.3 Å². The van der Waals surface area contributed by atoms with Crippen molar-refractivity contribution in [1.82, 2.24) is 9.55 Å². The van der Waals surface area contributed by atoms with Crippen LogP contribution in [0.4, 0.5) is 5.69 Å². The third-order valence-corrected chi connectivity index (χ3v) is 3.73. The minimum absolute atomic E-state index is 0.193. The Morgan fingerprint density at radius 1 is 1.38 bits per heavy atom. The number of pyridine rings is 1. The van der Waals surface area contributed by atoms with Gasteiger partial charge in [0.05, 0.1) is 5.52 Å². The van der Waals surface area contributed by atoms with Crippen LogP contribution in [0.3, 0.4) is 0 Å². The van der Waals surface area contributed by atoms with Gasteiger partial charge in [0.1, 0.15) is 16.7 Å². The summed E-state index contributed by atoms with van der Waals surface area (Å²) in [7, 11) is 0. The lowest BCUT2D eigenvalue weighted by molar-refractivity contribution is -0.114. The van der Waals surface area contributed by atoms with Crippen LogP contribution < -0.4 is 10.9 Å².